The van der Waals surface area contributed by atoms with Gasteiger partial charge in [-0.1, -0.05) is 36.2 Å². The number of hydrogen-bond acceptors (Lipinski definition) is 4. The predicted octanol–water partition coefficient (Wildman–Crippen LogP) is 1.49. The predicted molar refractivity (Wildman–Crippen MR) is 87.2 cm³/mol. The van der Waals surface area contributed by atoms with E-state index in [4.69, 9.17) is 17.3 Å². The lowest BCUT2D eigenvalue weighted by atomic mass is 10.0. The zero-order chi connectivity index (χ0) is 15.5. The number of hydrogen-bond donors (Lipinski definition) is 4. The summed E-state index contributed by atoms with van der Waals surface area (Å²) in [5, 5.41) is 3.88. The van der Waals surface area contributed by atoms with Crippen molar-refractivity contribution >= 4 is 17.5 Å². The van der Waals surface area contributed by atoms with Crippen molar-refractivity contribution in [1.82, 2.24) is 16.2 Å². The average molecular weight is 323 g/mol. The maximum absolute atomic E-state index is 12.4. The molecule has 1 aromatic rings. The second-order valence-corrected chi connectivity index (χ2v) is 6.60. The number of rotatable bonds is 4. The van der Waals surface area contributed by atoms with Crippen LogP contribution in [0.15, 0.2) is 24.3 Å². The number of carbonyl (C=O) groups is 1. The fraction of sp³-hybridized carbons (Fsp3) is 0.562. The first-order valence-electron chi connectivity index (χ1n) is 7.95. The molecule has 1 aromatic carbocycles. The topological polar surface area (TPSA) is 79.2 Å². The van der Waals surface area contributed by atoms with Gasteiger partial charge in [0, 0.05) is 17.1 Å². The summed E-state index contributed by atoms with van der Waals surface area (Å²) in [6, 6.07) is 7.77. The SMILES string of the molecule is NCC1CCCC1NC(=O)C1CC(c2ccccc2Cl)NN1. The molecule has 1 heterocycles. The Balaban J connectivity index is 1.58. The molecular formula is C16H23ClN4O. The number of carbonyl (C=O) groups excluding carboxylic acids is 1. The maximum Gasteiger partial charge on any atom is 0.238 e. The van der Waals surface area contributed by atoms with E-state index >= 15 is 0 Å². The lowest BCUT2D eigenvalue weighted by Gasteiger charge is -2.21. The highest BCUT2D eigenvalue weighted by molar-refractivity contribution is 6.31. The van der Waals surface area contributed by atoms with Crippen LogP contribution >= 0.6 is 11.6 Å². The summed E-state index contributed by atoms with van der Waals surface area (Å²) in [4.78, 5) is 12.4. The summed E-state index contributed by atoms with van der Waals surface area (Å²) in [6.45, 7) is 0.642. The highest BCUT2D eigenvalue weighted by atomic mass is 35.5. The van der Waals surface area contributed by atoms with Gasteiger partial charge in [-0.2, -0.15) is 0 Å². The highest BCUT2D eigenvalue weighted by Gasteiger charge is 2.34. The third kappa shape index (κ3) is 3.27. The number of nitrogens with two attached hydrogens (primary N) is 1. The van der Waals surface area contributed by atoms with Crippen molar-refractivity contribution in [3.8, 4) is 0 Å². The third-order valence-electron chi connectivity index (χ3n) is 4.79. The van der Waals surface area contributed by atoms with Crippen LogP contribution in [-0.2, 0) is 4.79 Å². The third-order valence-corrected chi connectivity index (χ3v) is 5.13. The normalized spacial score (nSPS) is 31.4. The van der Waals surface area contributed by atoms with E-state index in [0.717, 1.165) is 29.8 Å². The van der Waals surface area contributed by atoms with Gasteiger partial charge in [0.15, 0.2) is 0 Å². The van der Waals surface area contributed by atoms with Gasteiger partial charge in [-0.05, 0) is 43.4 Å². The van der Waals surface area contributed by atoms with Gasteiger partial charge in [-0.15, -0.1) is 0 Å². The minimum absolute atomic E-state index is 0.0485. The van der Waals surface area contributed by atoms with Crippen molar-refractivity contribution in [2.24, 2.45) is 11.7 Å². The van der Waals surface area contributed by atoms with Crippen LogP contribution in [0, 0.1) is 5.92 Å². The lowest BCUT2D eigenvalue weighted by molar-refractivity contribution is -0.123. The van der Waals surface area contributed by atoms with Crippen molar-refractivity contribution in [2.75, 3.05) is 6.54 Å². The minimum atomic E-state index is -0.236. The van der Waals surface area contributed by atoms with Crippen LogP contribution in [0.4, 0.5) is 0 Å². The molecule has 4 unspecified atom stereocenters. The van der Waals surface area contributed by atoms with Crippen molar-refractivity contribution in [1.29, 1.82) is 0 Å². The zero-order valence-corrected chi connectivity index (χ0v) is 13.3. The van der Waals surface area contributed by atoms with Gasteiger partial charge in [0.05, 0.1) is 0 Å². The zero-order valence-electron chi connectivity index (χ0n) is 12.5. The molecule has 6 heteroatoms. The maximum atomic E-state index is 12.4. The quantitative estimate of drug-likeness (QED) is 0.677. The monoisotopic (exact) mass is 322 g/mol. The number of hydrazine groups is 1. The van der Waals surface area contributed by atoms with Gasteiger partial charge in [0.2, 0.25) is 5.91 Å². The summed E-state index contributed by atoms with van der Waals surface area (Å²) >= 11 is 6.22. The van der Waals surface area contributed by atoms with Crippen LogP contribution in [0.1, 0.15) is 37.3 Å². The first-order chi connectivity index (χ1) is 10.7. The molecule has 0 aromatic heterocycles. The highest BCUT2D eigenvalue weighted by Crippen LogP contribution is 2.29. The van der Waals surface area contributed by atoms with E-state index in [1.54, 1.807) is 0 Å². The van der Waals surface area contributed by atoms with Gasteiger partial charge >= 0.3 is 0 Å². The molecule has 1 saturated carbocycles. The van der Waals surface area contributed by atoms with Gasteiger partial charge in [0.1, 0.15) is 6.04 Å². The Bertz CT molecular complexity index is 539. The number of nitrogens with one attached hydrogen (secondary N) is 3. The first-order valence-corrected chi connectivity index (χ1v) is 8.32. The Labute approximate surface area is 135 Å². The molecule has 2 aliphatic rings. The van der Waals surface area contributed by atoms with E-state index in [2.05, 4.69) is 16.2 Å². The smallest absolute Gasteiger partial charge is 0.238 e. The molecule has 1 saturated heterocycles. The van der Waals surface area contributed by atoms with E-state index in [1.807, 2.05) is 24.3 Å². The molecule has 22 heavy (non-hydrogen) atoms. The average Bonchev–Trinajstić information content (AvgIpc) is 3.16. The molecule has 0 bridgehead atoms. The first kappa shape index (κ1) is 15.7. The van der Waals surface area contributed by atoms with Crippen LogP contribution < -0.4 is 21.9 Å². The molecule has 1 aliphatic carbocycles. The molecule has 0 radical (unpaired) electrons. The van der Waals surface area contributed by atoms with Crippen LogP contribution in [0.25, 0.3) is 0 Å². The van der Waals surface area contributed by atoms with Gasteiger partial charge in [-0.25, -0.2) is 10.9 Å². The Hall–Kier alpha value is -1.14. The largest absolute Gasteiger partial charge is 0.352 e. The van der Waals surface area contributed by atoms with E-state index < -0.39 is 0 Å². The van der Waals surface area contributed by atoms with Crippen LogP contribution in [-0.4, -0.2) is 24.5 Å². The summed E-state index contributed by atoms with van der Waals surface area (Å²) < 4.78 is 0. The summed E-state index contributed by atoms with van der Waals surface area (Å²) in [6.07, 6.45) is 3.97. The van der Waals surface area contributed by atoms with Crippen LogP contribution in [0.2, 0.25) is 5.02 Å². The van der Waals surface area contributed by atoms with E-state index in [-0.39, 0.29) is 24.0 Å². The minimum Gasteiger partial charge on any atom is -0.352 e. The standard InChI is InChI=1S/C16H23ClN4O/c17-12-6-2-1-5-11(12)14-8-15(21-20-14)16(22)19-13-7-3-4-10(13)9-18/h1-2,5-6,10,13-15,20-21H,3-4,7-9,18H2,(H,19,22). The molecule has 2 fully saturated rings. The fourth-order valence-electron chi connectivity index (χ4n) is 3.48. The van der Waals surface area contributed by atoms with E-state index in [9.17, 15) is 4.79 Å². The Morgan fingerprint density at radius 2 is 2.14 bits per heavy atom. The van der Waals surface area contributed by atoms with Crippen LogP contribution in [0.3, 0.4) is 0 Å². The Kier molecular flexibility index (Phi) is 4.98. The van der Waals surface area contributed by atoms with Crippen molar-refractivity contribution in [3.05, 3.63) is 34.9 Å². The number of halogens is 1. The van der Waals surface area contributed by atoms with Gasteiger partial charge < -0.3 is 11.1 Å². The number of amides is 1. The number of benzene rings is 1. The van der Waals surface area contributed by atoms with Gasteiger partial charge in [0.25, 0.3) is 0 Å². The second kappa shape index (κ2) is 6.96. The molecule has 3 rings (SSSR count). The van der Waals surface area contributed by atoms with E-state index in [0.29, 0.717) is 18.9 Å². The molecule has 0 spiro atoms. The summed E-state index contributed by atoms with van der Waals surface area (Å²) in [7, 11) is 0. The summed E-state index contributed by atoms with van der Waals surface area (Å²) in [5.41, 5.74) is 13.1. The molecule has 4 atom stereocenters. The molecule has 1 amide bonds. The Morgan fingerprint density at radius 1 is 1.32 bits per heavy atom. The molecule has 120 valence electrons. The van der Waals surface area contributed by atoms with Gasteiger partial charge in [-0.3, -0.25) is 4.79 Å². The second-order valence-electron chi connectivity index (χ2n) is 6.19. The molecule has 5 nitrogen and oxygen atoms in total. The molecular weight excluding hydrogens is 300 g/mol. The van der Waals surface area contributed by atoms with Crippen molar-refractivity contribution in [3.63, 3.8) is 0 Å². The lowest BCUT2D eigenvalue weighted by Crippen LogP contribution is -2.48. The molecule has 1 aliphatic heterocycles. The van der Waals surface area contributed by atoms with Crippen molar-refractivity contribution in [2.45, 2.75) is 43.8 Å². The fourth-order valence-corrected chi connectivity index (χ4v) is 3.75. The molecule has 5 N–H and O–H groups in total. The van der Waals surface area contributed by atoms with Crippen molar-refractivity contribution < 1.29 is 4.79 Å². The van der Waals surface area contributed by atoms with E-state index in [1.165, 1.54) is 0 Å². The Morgan fingerprint density at radius 3 is 2.91 bits per heavy atom. The summed E-state index contributed by atoms with van der Waals surface area (Å²) in [5.74, 6) is 0.463. The van der Waals surface area contributed by atoms with Crippen LogP contribution in [0.5, 0.6) is 0 Å².